The van der Waals surface area contributed by atoms with Gasteiger partial charge in [-0.3, -0.25) is 9.88 Å². The summed E-state index contributed by atoms with van der Waals surface area (Å²) >= 11 is 0. The van der Waals surface area contributed by atoms with Gasteiger partial charge < -0.3 is 4.90 Å². The summed E-state index contributed by atoms with van der Waals surface area (Å²) < 4.78 is 40.9. The molecule has 1 fully saturated rings. The van der Waals surface area contributed by atoms with E-state index in [1.54, 1.807) is 12.4 Å². The van der Waals surface area contributed by atoms with E-state index < -0.39 is 15.8 Å². The highest BCUT2D eigenvalue weighted by Gasteiger charge is 2.26. The predicted octanol–water partition coefficient (Wildman–Crippen LogP) is 1.88. The number of benzene rings is 1. The molecule has 2 aromatic rings. The van der Waals surface area contributed by atoms with Crippen molar-refractivity contribution in [2.75, 3.05) is 39.3 Å². The number of nitrogens with one attached hydrogen (secondary N) is 1. The van der Waals surface area contributed by atoms with Crippen molar-refractivity contribution in [2.45, 2.75) is 17.9 Å². The van der Waals surface area contributed by atoms with E-state index in [9.17, 15) is 12.8 Å². The normalized spacial score (nSPS) is 17.7. The first kappa shape index (κ1) is 19.9. The predicted molar refractivity (Wildman–Crippen MR) is 102 cm³/mol. The van der Waals surface area contributed by atoms with Crippen LogP contribution in [0.5, 0.6) is 0 Å². The molecule has 0 spiro atoms. The fourth-order valence-electron chi connectivity index (χ4n) is 3.31. The molecular weight excluding hydrogens is 367 g/mol. The van der Waals surface area contributed by atoms with Crippen LogP contribution in [0.1, 0.15) is 18.5 Å². The van der Waals surface area contributed by atoms with Crippen molar-refractivity contribution >= 4 is 10.0 Å². The van der Waals surface area contributed by atoms with Crippen LogP contribution < -0.4 is 4.72 Å². The van der Waals surface area contributed by atoms with Crippen molar-refractivity contribution in [1.29, 1.82) is 0 Å². The summed E-state index contributed by atoms with van der Waals surface area (Å²) in [6, 6.07) is 8.57. The third kappa shape index (κ3) is 5.10. The van der Waals surface area contributed by atoms with Crippen molar-refractivity contribution < 1.29 is 12.8 Å². The monoisotopic (exact) mass is 392 g/mol. The highest BCUT2D eigenvalue weighted by molar-refractivity contribution is 7.89. The zero-order valence-electron chi connectivity index (χ0n) is 15.4. The van der Waals surface area contributed by atoms with Gasteiger partial charge >= 0.3 is 0 Å². The average molecular weight is 393 g/mol. The van der Waals surface area contributed by atoms with Gasteiger partial charge in [0.05, 0.1) is 4.90 Å². The fourth-order valence-corrected chi connectivity index (χ4v) is 4.35. The van der Waals surface area contributed by atoms with E-state index in [1.807, 2.05) is 12.1 Å². The van der Waals surface area contributed by atoms with Crippen molar-refractivity contribution in [3.05, 3.63) is 60.2 Å². The summed E-state index contributed by atoms with van der Waals surface area (Å²) in [6.45, 7) is 7.04. The second kappa shape index (κ2) is 8.88. The minimum atomic E-state index is -3.71. The Morgan fingerprint density at radius 1 is 1.15 bits per heavy atom. The minimum Gasteiger partial charge on any atom is -0.301 e. The van der Waals surface area contributed by atoms with Crippen molar-refractivity contribution in [3.8, 4) is 0 Å². The molecule has 0 saturated carbocycles. The Bertz CT molecular complexity index is 823. The van der Waals surface area contributed by atoms with Gasteiger partial charge in [0.2, 0.25) is 10.0 Å². The molecule has 146 valence electrons. The van der Waals surface area contributed by atoms with Gasteiger partial charge in [0.25, 0.3) is 0 Å². The first-order valence-corrected chi connectivity index (χ1v) is 10.6. The van der Waals surface area contributed by atoms with Crippen LogP contribution in [0.4, 0.5) is 4.39 Å². The second-order valence-electron chi connectivity index (χ2n) is 6.58. The number of pyridine rings is 1. The Kier molecular flexibility index (Phi) is 6.54. The van der Waals surface area contributed by atoms with E-state index in [1.165, 1.54) is 12.1 Å². The number of likely N-dealkylation sites (N-methyl/N-ethyl adjacent to an activating group) is 1. The lowest BCUT2D eigenvalue weighted by molar-refractivity contribution is 0.100. The number of piperazine rings is 1. The lowest BCUT2D eigenvalue weighted by atomic mass is 10.1. The van der Waals surface area contributed by atoms with Crippen LogP contribution in [0.25, 0.3) is 0 Å². The number of hydrogen-bond acceptors (Lipinski definition) is 5. The molecule has 1 atom stereocenters. The summed E-state index contributed by atoms with van der Waals surface area (Å²) in [5.41, 5.74) is 0.976. The Morgan fingerprint density at radius 2 is 1.85 bits per heavy atom. The van der Waals surface area contributed by atoms with Crippen LogP contribution in [-0.2, 0) is 10.0 Å². The molecule has 1 aromatic carbocycles. The van der Waals surface area contributed by atoms with Crippen LogP contribution >= 0.6 is 0 Å². The van der Waals surface area contributed by atoms with Gasteiger partial charge in [-0.15, -0.1) is 0 Å². The van der Waals surface area contributed by atoms with Gasteiger partial charge in [0, 0.05) is 51.2 Å². The van der Waals surface area contributed by atoms with Gasteiger partial charge in [-0.2, -0.15) is 0 Å². The third-order valence-corrected chi connectivity index (χ3v) is 6.39. The van der Waals surface area contributed by atoms with Crippen molar-refractivity contribution in [3.63, 3.8) is 0 Å². The Balaban J connectivity index is 1.75. The number of nitrogens with zero attached hydrogens (tertiary/aromatic N) is 3. The molecule has 0 radical (unpaired) electrons. The van der Waals surface area contributed by atoms with E-state index >= 15 is 0 Å². The van der Waals surface area contributed by atoms with E-state index in [-0.39, 0.29) is 17.5 Å². The molecule has 0 aliphatic carbocycles. The van der Waals surface area contributed by atoms with Gasteiger partial charge in [-0.25, -0.2) is 17.5 Å². The summed E-state index contributed by atoms with van der Waals surface area (Å²) in [5, 5.41) is 0. The smallest absolute Gasteiger partial charge is 0.240 e. The lowest BCUT2D eigenvalue weighted by Crippen LogP contribution is -2.49. The third-order valence-electron chi connectivity index (χ3n) is 4.95. The molecule has 1 aliphatic rings. The maximum absolute atomic E-state index is 13.1. The molecule has 1 saturated heterocycles. The molecule has 0 unspecified atom stereocenters. The maximum atomic E-state index is 13.1. The number of sulfonamides is 1. The molecule has 1 aliphatic heterocycles. The number of rotatable bonds is 7. The van der Waals surface area contributed by atoms with Crippen LogP contribution in [0.3, 0.4) is 0 Å². The average Bonchev–Trinajstić information content (AvgIpc) is 2.70. The number of aromatic nitrogens is 1. The Hall–Kier alpha value is -1.87. The van der Waals surface area contributed by atoms with Gasteiger partial charge in [0.15, 0.2) is 0 Å². The van der Waals surface area contributed by atoms with Crippen LogP contribution in [0.15, 0.2) is 53.7 Å². The van der Waals surface area contributed by atoms with Crippen molar-refractivity contribution in [1.82, 2.24) is 19.5 Å². The minimum absolute atomic E-state index is 0.0599. The molecule has 8 heteroatoms. The van der Waals surface area contributed by atoms with E-state index in [2.05, 4.69) is 26.4 Å². The van der Waals surface area contributed by atoms with Gasteiger partial charge in [0.1, 0.15) is 5.82 Å². The van der Waals surface area contributed by atoms with E-state index in [4.69, 9.17) is 0 Å². The second-order valence-corrected chi connectivity index (χ2v) is 8.35. The highest BCUT2D eigenvalue weighted by Crippen LogP contribution is 2.22. The number of hydrogen-bond donors (Lipinski definition) is 1. The first-order valence-electron chi connectivity index (χ1n) is 9.11. The topological polar surface area (TPSA) is 65.5 Å². The summed E-state index contributed by atoms with van der Waals surface area (Å²) in [4.78, 5) is 8.91. The zero-order chi connectivity index (χ0) is 19.3. The van der Waals surface area contributed by atoms with Crippen LogP contribution in [0, 0.1) is 5.82 Å². The Labute approximate surface area is 160 Å². The van der Waals surface area contributed by atoms with Crippen molar-refractivity contribution in [2.24, 2.45) is 0 Å². The molecular formula is C19H25FN4O2S. The summed E-state index contributed by atoms with van der Waals surface area (Å²) in [6.07, 6.45) is 3.49. The highest BCUT2D eigenvalue weighted by atomic mass is 32.2. The Morgan fingerprint density at radius 3 is 2.44 bits per heavy atom. The maximum Gasteiger partial charge on any atom is 0.240 e. The SMILES string of the molecule is CCN1CCN([C@H](CNS(=O)(=O)c2ccc(F)cc2)c2cccnc2)CC1. The van der Waals surface area contributed by atoms with E-state index in [0.717, 1.165) is 50.4 Å². The lowest BCUT2D eigenvalue weighted by Gasteiger charge is -2.39. The first-order chi connectivity index (χ1) is 13.0. The van der Waals surface area contributed by atoms with E-state index in [0.29, 0.717) is 0 Å². The molecule has 6 nitrogen and oxygen atoms in total. The summed E-state index contributed by atoms with van der Waals surface area (Å²) in [7, 11) is -3.71. The van der Waals surface area contributed by atoms with Crippen LogP contribution in [-0.4, -0.2) is 62.5 Å². The quantitative estimate of drug-likeness (QED) is 0.779. The molecule has 27 heavy (non-hydrogen) atoms. The molecule has 0 amide bonds. The van der Waals surface area contributed by atoms with Gasteiger partial charge in [-0.1, -0.05) is 13.0 Å². The zero-order valence-corrected chi connectivity index (χ0v) is 16.2. The summed E-state index contributed by atoms with van der Waals surface area (Å²) in [5.74, 6) is -0.462. The number of halogens is 1. The molecule has 1 N–H and O–H groups in total. The molecule has 1 aromatic heterocycles. The fraction of sp³-hybridized carbons (Fsp3) is 0.421. The van der Waals surface area contributed by atoms with Gasteiger partial charge in [-0.05, 0) is 42.4 Å². The molecule has 2 heterocycles. The van der Waals surface area contributed by atoms with Crippen LogP contribution in [0.2, 0.25) is 0 Å². The molecule has 0 bridgehead atoms. The largest absolute Gasteiger partial charge is 0.301 e. The standard InChI is InChI=1S/C19H25FN4O2S/c1-2-23-10-12-24(13-11-23)19(16-4-3-9-21-14-16)15-22-27(25,26)18-7-5-17(20)6-8-18/h3-9,14,19,22H,2,10-13,15H2,1H3/t19-/m1/s1. The molecule has 3 rings (SSSR count).